The molecule has 0 aromatic carbocycles. The molecule has 2 aliphatic rings. The molecule has 0 spiro atoms. The molecule has 0 bridgehead atoms. The number of nitrogens with two attached hydrogens (primary N) is 1. The van der Waals surface area contributed by atoms with Gasteiger partial charge in [-0.05, 0) is 25.0 Å². The Balaban J connectivity index is 1.73. The van der Waals surface area contributed by atoms with E-state index in [1.54, 1.807) is 12.1 Å². The third-order valence-electron chi connectivity index (χ3n) is 4.93. The molecule has 0 radical (unpaired) electrons. The van der Waals surface area contributed by atoms with Crippen molar-refractivity contribution in [2.75, 3.05) is 18.0 Å². The van der Waals surface area contributed by atoms with E-state index in [4.69, 9.17) is 22.7 Å². The van der Waals surface area contributed by atoms with Gasteiger partial charge in [-0.2, -0.15) is 13.2 Å². The number of anilines is 1. The molecule has 1 amide bonds. The molecular weight excluding hydrogens is 383 g/mol. The maximum Gasteiger partial charge on any atom is 0.396 e. The average molecular weight is 402 g/mol. The van der Waals surface area contributed by atoms with Crippen LogP contribution in [0.25, 0.3) is 0 Å². The number of halogens is 4. The van der Waals surface area contributed by atoms with Crippen molar-refractivity contribution in [1.29, 1.82) is 5.41 Å². The maximum atomic E-state index is 13.4. The Labute approximate surface area is 159 Å². The van der Waals surface area contributed by atoms with E-state index in [-0.39, 0.29) is 23.0 Å². The molecule has 27 heavy (non-hydrogen) atoms. The minimum absolute atomic E-state index is 0.140. The van der Waals surface area contributed by atoms with Crippen molar-refractivity contribution in [1.82, 2.24) is 10.3 Å². The van der Waals surface area contributed by atoms with Crippen LogP contribution >= 0.6 is 11.6 Å². The van der Waals surface area contributed by atoms with E-state index < -0.39 is 24.4 Å². The van der Waals surface area contributed by atoms with Gasteiger partial charge >= 0.3 is 6.18 Å². The first-order valence-corrected chi connectivity index (χ1v) is 8.86. The summed E-state index contributed by atoms with van der Waals surface area (Å²) >= 11 is 5.83. The molecule has 1 aromatic rings. The summed E-state index contributed by atoms with van der Waals surface area (Å²) in [6.45, 7) is 1.11. The van der Waals surface area contributed by atoms with Crippen molar-refractivity contribution in [2.24, 2.45) is 17.6 Å². The second-order valence-electron chi connectivity index (χ2n) is 6.68. The normalized spacial score (nSPS) is 22.0. The average Bonchev–Trinajstić information content (AvgIpc) is 2.61. The van der Waals surface area contributed by atoms with Crippen LogP contribution in [-0.2, 0) is 4.79 Å². The lowest BCUT2D eigenvalue weighted by Gasteiger charge is -2.36. The zero-order valence-corrected chi connectivity index (χ0v) is 15.1. The predicted molar refractivity (Wildman–Crippen MR) is 95.4 cm³/mol. The summed E-state index contributed by atoms with van der Waals surface area (Å²) in [6.07, 6.45) is -2.83. The Morgan fingerprint density at radius 3 is 2.56 bits per heavy atom. The summed E-state index contributed by atoms with van der Waals surface area (Å²) in [5, 5.41) is 11.1. The van der Waals surface area contributed by atoms with Crippen LogP contribution in [0.3, 0.4) is 0 Å². The Hall–Kier alpha value is -2.29. The molecule has 0 aliphatic carbocycles. The van der Waals surface area contributed by atoms with Gasteiger partial charge in [-0.25, -0.2) is 4.98 Å². The van der Waals surface area contributed by atoms with Crippen molar-refractivity contribution < 1.29 is 18.0 Å². The number of rotatable bonds is 3. The van der Waals surface area contributed by atoms with Crippen LogP contribution in [0.15, 0.2) is 29.7 Å². The quantitative estimate of drug-likeness (QED) is 0.679. The molecule has 1 fully saturated rings. The van der Waals surface area contributed by atoms with Crippen LogP contribution in [0.4, 0.5) is 19.0 Å². The van der Waals surface area contributed by atoms with Gasteiger partial charge < -0.3 is 21.4 Å². The van der Waals surface area contributed by atoms with Gasteiger partial charge in [-0.1, -0.05) is 11.6 Å². The summed E-state index contributed by atoms with van der Waals surface area (Å²) < 4.78 is 40.2. The molecule has 1 atom stereocenters. The number of hydrogen-bond donors (Lipinski definition) is 3. The van der Waals surface area contributed by atoms with Crippen LogP contribution in [0.1, 0.15) is 19.3 Å². The number of carbonyl (C=O) groups excluding carboxylic acids is 1. The molecule has 1 saturated heterocycles. The van der Waals surface area contributed by atoms with Gasteiger partial charge in [0.25, 0.3) is 0 Å². The number of nitrogens with zero attached hydrogens (tertiary/aromatic N) is 2. The fourth-order valence-electron chi connectivity index (χ4n) is 3.53. The molecule has 4 N–H and O–H groups in total. The zero-order chi connectivity index (χ0) is 19.8. The lowest BCUT2D eigenvalue weighted by atomic mass is 9.80. The van der Waals surface area contributed by atoms with E-state index in [0.29, 0.717) is 31.0 Å². The summed E-state index contributed by atoms with van der Waals surface area (Å²) in [6, 6.07) is 3.51. The highest BCUT2D eigenvalue weighted by Gasteiger charge is 2.48. The third-order valence-corrected chi connectivity index (χ3v) is 5.15. The fraction of sp³-hybridized carbons (Fsp3) is 0.471. The fourth-order valence-corrected chi connectivity index (χ4v) is 3.64. The largest absolute Gasteiger partial charge is 0.396 e. The SMILES string of the molecule is N=C(C1=C(N)NC(=O)CC1C(F)(F)F)C1CCN(c2ccc(Cl)cn2)CC1. The van der Waals surface area contributed by atoms with Gasteiger partial charge in [0.05, 0.1) is 10.9 Å². The molecular formula is C17H19ClF3N5O. The molecule has 146 valence electrons. The maximum absolute atomic E-state index is 13.4. The van der Waals surface area contributed by atoms with E-state index >= 15 is 0 Å². The van der Waals surface area contributed by atoms with Crippen molar-refractivity contribution in [3.05, 3.63) is 34.7 Å². The Morgan fingerprint density at radius 2 is 2.00 bits per heavy atom. The standard InChI is InChI=1S/C17H19ClF3N5O/c18-10-1-2-12(24-8-10)26-5-3-9(4-6-26)15(22)14-11(17(19,20)21)7-13(27)25-16(14)23/h1-2,8-9,11,22H,3-7,23H2,(H,25,27). The predicted octanol–water partition coefficient (Wildman–Crippen LogP) is 2.84. The molecule has 3 rings (SSSR count). The number of carbonyl (C=O) groups is 1. The van der Waals surface area contributed by atoms with Gasteiger partial charge in [-0.3, -0.25) is 4.79 Å². The van der Waals surface area contributed by atoms with Gasteiger partial charge in [0.1, 0.15) is 11.6 Å². The summed E-state index contributed by atoms with van der Waals surface area (Å²) in [5.41, 5.74) is 5.23. The highest BCUT2D eigenvalue weighted by atomic mass is 35.5. The second-order valence-corrected chi connectivity index (χ2v) is 7.12. The summed E-state index contributed by atoms with van der Waals surface area (Å²) in [4.78, 5) is 17.7. The Bertz CT molecular complexity index is 770. The molecule has 3 heterocycles. The first kappa shape index (κ1) is 19.5. The first-order valence-electron chi connectivity index (χ1n) is 8.48. The minimum Gasteiger partial charge on any atom is -0.385 e. The van der Waals surface area contributed by atoms with Gasteiger partial charge in [0.15, 0.2) is 0 Å². The van der Waals surface area contributed by atoms with Crippen LogP contribution in [-0.4, -0.2) is 35.9 Å². The van der Waals surface area contributed by atoms with Gasteiger partial charge in [-0.15, -0.1) is 0 Å². The number of allylic oxidation sites excluding steroid dienone is 1. The molecule has 0 saturated carbocycles. The van der Waals surface area contributed by atoms with E-state index in [2.05, 4.69) is 10.3 Å². The monoisotopic (exact) mass is 401 g/mol. The van der Waals surface area contributed by atoms with Crippen LogP contribution < -0.4 is 16.0 Å². The number of hydrogen-bond acceptors (Lipinski definition) is 5. The molecule has 1 aromatic heterocycles. The van der Waals surface area contributed by atoms with Gasteiger partial charge in [0, 0.05) is 42.9 Å². The third kappa shape index (κ3) is 4.18. The topological polar surface area (TPSA) is 95.1 Å². The molecule has 6 nitrogen and oxygen atoms in total. The van der Waals surface area contributed by atoms with E-state index in [1.807, 2.05) is 4.90 Å². The van der Waals surface area contributed by atoms with E-state index in [0.717, 1.165) is 5.82 Å². The Morgan fingerprint density at radius 1 is 1.33 bits per heavy atom. The van der Waals surface area contributed by atoms with Crippen molar-refractivity contribution in [3.8, 4) is 0 Å². The molecule has 2 aliphatic heterocycles. The number of amides is 1. The zero-order valence-electron chi connectivity index (χ0n) is 14.3. The number of piperidine rings is 1. The van der Waals surface area contributed by atoms with Crippen LogP contribution in [0.2, 0.25) is 5.02 Å². The lowest BCUT2D eigenvalue weighted by Crippen LogP contribution is -2.46. The lowest BCUT2D eigenvalue weighted by molar-refractivity contribution is -0.169. The number of aromatic nitrogens is 1. The van der Waals surface area contributed by atoms with Gasteiger partial charge in [0.2, 0.25) is 5.91 Å². The minimum atomic E-state index is -4.63. The molecule has 10 heteroatoms. The van der Waals surface area contributed by atoms with E-state index in [1.165, 1.54) is 6.20 Å². The van der Waals surface area contributed by atoms with E-state index in [9.17, 15) is 18.0 Å². The first-order chi connectivity index (χ1) is 12.7. The Kier molecular flexibility index (Phi) is 5.32. The van der Waals surface area contributed by atoms with Crippen molar-refractivity contribution in [3.63, 3.8) is 0 Å². The van der Waals surface area contributed by atoms with Crippen LogP contribution in [0, 0.1) is 17.2 Å². The second kappa shape index (κ2) is 7.38. The highest BCUT2D eigenvalue weighted by molar-refractivity contribution is 6.30. The number of pyridine rings is 1. The van der Waals surface area contributed by atoms with Crippen molar-refractivity contribution >= 4 is 29.0 Å². The molecule has 1 unspecified atom stereocenters. The smallest absolute Gasteiger partial charge is 0.385 e. The number of nitrogens with one attached hydrogen (secondary N) is 2. The highest BCUT2D eigenvalue weighted by Crippen LogP contribution is 2.39. The summed E-state index contributed by atoms with van der Waals surface area (Å²) in [5.74, 6) is -2.80. The van der Waals surface area contributed by atoms with Crippen molar-refractivity contribution in [2.45, 2.75) is 25.4 Å². The van der Waals surface area contributed by atoms with Crippen LogP contribution in [0.5, 0.6) is 0 Å². The number of alkyl halides is 3. The summed E-state index contributed by atoms with van der Waals surface area (Å²) in [7, 11) is 0.